The Labute approximate surface area is 205 Å². The van der Waals surface area contributed by atoms with Crippen LogP contribution in [0.4, 0.5) is 5.69 Å². The molecule has 4 rings (SSSR count). The summed E-state index contributed by atoms with van der Waals surface area (Å²) in [4.78, 5) is 12.6. The number of benzene rings is 3. The van der Waals surface area contributed by atoms with Crippen LogP contribution in [0, 0.1) is 6.92 Å². The maximum Gasteiger partial charge on any atom is 0.234 e. The topological polar surface area (TPSA) is 69.0 Å². The molecule has 0 atom stereocenters. The molecular formula is C24H20Cl2N4O2S. The van der Waals surface area contributed by atoms with Crippen LogP contribution in [0.2, 0.25) is 10.0 Å². The minimum atomic E-state index is -0.160. The van der Waals surface area contributed by atoms with Crippen LogP contribution < -0.4 is 10.1 Å². The van der Waals surface area contributed by atoms with Gasteiger partial charge in [-0.05, 0) is 61.0 Å². The molecule has 4 aromatic rings. The number of hydrogen-bond acceptors (Lipinski definition) is 5. The van der Waals surface area contributed by atoms with Gasteiger partial charge >= 0.3 is 0 Å². The van der Waals surface area contributed by atoms with Gasteiger partial charge in [0, 0.05) is 21.4 Å². The van der Waals surface area contributed by atoms with Crippen LogP contribution in [0.25, 0.3) is 5.69 Å². The van der Waals surface area contributed by atoms with Crippen molar-refractivity contribution in [1.29, 1.82) is 0 Å². The quantitative estimate of drug-likeness (QED) is 0.293. The zero-order valence-electron chi connectivity index (χ0n) is 17.7. The minimum absolute atomic E-state index is 0.160. The highest BCUT2D eigenvalue weighted by molar-refractivity contribution is 7.99. The van der Waals surface area contributed by atoms with E-state index in [1.165, 1.54) is 11.8 Å². The number of nitrogens with zero attached hydrogens (tertiary/aromatic N) is 3. The molecule has 0 saturated carbocycles. The fourth-order valence-corrected chi connectivity index (χ4v) is 4.13. The first-order chi connectivity index (χ1) is 16.0. The van der Waals surface area contributed by atoms with Crippen molar-refractivity contribution in [1.82, 2.24) is 14.8 Å². The summed E-state index contributed by atoms with van der Waals surface area (Å²) in [7, 11) is 0. The molecule has 0 spiro atoms. The van der Waals surface area contributed by atoms with Gasteiger partial charge in [-0.1, -0.05) is 59.2 Å². The van der Waals surface area contributed by atoms with Crippen molar-refractivity contribution >= 4 is 46.6 Å². The highest BCUT2D eigenvalue weighted by Crippen LogP contribution is 2.26. The Balaban J connectivity index is 1.49. The predicted octanol–water partition coefficient (Wildman–Crippen LogP) is 6.19. The van der Waals surface area contributed by atoms with E-state index >= 15 is 0 Å². The smallest absolute Gasteiger partial charge is 0.234 e. The molecule has 1 aromatic heterocycles. The van der Waals surface area contributed by atoms with E-state index in [9.17, 15) is 4.79 Å². The number of para-hydroxylation sites is 1. The van der Waals surface area contributed by atoms with E-state index in [0.29, 0.717) is 32.5 Å². The molecule has 1 heterocycles. The lowest BCUT2D eigenvalue weighted by atomic mass is 10.2. The minimum Gasteiger partial charge on any atom is -0.486 e. The third-order valence-corrected chi connectivity index (χ3v) is 6.36. The molecule has 6 nitrogen and oxygen atoms in total. The molecule has 0 fully saturated rings. The summed E-state index contributed by atoms with van der Waals surface area (Å²) < 4.78 is 7.76. The van der Waals surface area contributed by atoms with E-state index in [-0.39, 0.29) is 18.3 Å². The van der Waals surface area contributed by atoms with Gasteiger partial charge in [-0.25, -0.2) is 0 Å². The number of carbonyl (C=O) groups excluding carboxylic acids is 1. The number of anilines is 1. The third kappa shape index (κ3) is 5.87. The number of amides is 1. The predicted molar refractivity (Wildman–Crippen MR) is 133 cm³/mol. The standard InChI is InChI=1S/C24H20Cl2N4O2S/c1-16-20(26)8-5-9-21(16)27-23(31)15-33-24-29-28-22(30(24)18-6-3-2-4-7-18)14-32-19-12-10-17(25)11-13-19/h2-13H,14-15H2,1H3,(H,27,31). The zero-order chi connectivity index (χ0) is 23.2. The Kier molecular flexibility index (Phi) is 7.54. The van der Waals surface area contributed by atoms with Gasteiger partial charge in [0.15, 0.2) is 11.0 Å². The summed E-state index contributed by atoms with van der Waals surface area (Å²) >= 11 is 13.4. The highest BCUT2D eigenvalue weighted by Gasteiger charge is 2.17. The summed E-state index contributed by atoms with van der Waals surface area (Å²) in [5.41, 5.74) is 2.40. The van der Waals surface area contributed by atoms with Crippen LogP contribution in [0.15, 0.2) is 78.0 Å². The molecule has 168 valence electrons. The van der Waals surface area contributed by atoms with Crippen LogP contribution in [-0.4, -0.2) is 26.4 Å². The van der Waals surface area contributed by atoms with Crippen molar-refractivity contribution in [3.8, 4) is 11.4 Å². The first kappa shape index (κ1) is 23.2. The Morgan fingerprint density at radius 2 is 1.76 bits per heavy atom. The Hall–Kier alpha value is -3.00. The van der Waals surface area contributed by atoms with Gasteiger partial charge < -0.3 is 10.1 Å². The monoisotopic (exact) mass is 498 g/mol. The number of rotatable bonds is 8. The molecule has 0 saturated heterocycles. The summed E-state index contributed by atoms with van der Waals surface area (Å²) in [5, 5.41) is 13.3. The molecule has 0 unspecified atom stereocenters. The van der Waals surface area contributed by atoms with Crippen molar-refractivity contribution in [3.63, 3.8) is 0 Å². The van der Waals surface area contributed by atoms with Gasteiger partial charge in [0.25, 0.3) is 0 Å². The van der Waals surface area contributed by atoms with Crippen molar-refractivity contribution in [2.24, 2.45) is 0 Å². The SMILES string of the molecule is Cc1c(Cl)cccc1NC(=O)CSc1nnc(COc2ccc(Cl)cc2)n1-c1ccccc1. The van der Waals surface area contributed by atoms with Crippen LogP contribution in [0.5, 0.6) is 5.75 Å². The zero-order valence-corrected chi connectivity index (χ0v) is 20.0. The summed E-state index contributed by atoms with van der Waals surface area (Å²) in [5.74, 6) is 1.29. The van der Waals surface area contributed by atoms with E-state index in [0.717, 1.165) is 11.3 Å². The number of halogens is 2. The fraction of sp³-hybridized carbons (Fsp3) is 0.125. The van der Waals surface area contributed by atoms with Gasteiger partial charge in [-0.2, -0.15) is 0 Å². The van der Waals surface area contributed by atoms with Gasteiger partial charge in [-0.3, -0.25) is 9.36 Å². The van der Waals surface area contributed by atoms with Crippen molar-refractivity contribution in [3.05, 3.63) is 94.2 Å². The maximum atomic E-state index is 12.6. The number of hydrogen-bond donors (Lipinski definition) is 1. The molecule has 0 radical (unpaired) electrons. The molecule has 33 heavy (non-hydrogen) atoms. The normalized spacial score (nSPS) is 10.8. The Morgan fingerprint density at radius 3 is 2.52 bits per heavy atom. The lowest BCUT2D eigenvalue weighted by Crippen LogP contribution is -2.15. The third-order valence-electron chi connectivity index (χ3n) is 4.77. The van der Waals surface area contributed by atoms with Crippen LogP contribution >= 0.6 is 35.0 Å². The summed E-state index contributed by atoms with van der Waals surface area (Å²) in [6.45, 7) is 2.07. The summed E-state index contributed by atoms with van der Waals surface area (Å²) in [6.07, 6.45) is 0. The molecule has 0 aliphatic rings. The number of ether oxygens (including phenoxy) is 1. The van der Waals surface area contributed by atoms with Crippen molar-refractivity contribution < 1.29 is 9.53 Å². The van der Waals surface area contributed by atoms with E-state index in [2.05, 4.69) is 15.5 Å². The first-order valence-electron chi connectivity index (χ1n) is 10.1. The molecule has 0 aliphatic heterocycles. The van der Waals surface area contributed by atoms with Gasteiger partial charge in [0.2, 0.25) is 5.91 Å². The van der Waals surface area contributed by atoms with Gasteiger partial charge in [0.1, 0.15) is 12.4 Å². The Morgan fingerprint density at radius 1 is 1.00 bits per heavy atom. The molecule has 9 heteroatoms. The number of aromatic nitrogens is 3. The number of thioether (sulfide) groups is 1. The van der Waals surface area contributed by atoms with E-state index in [1.807, 2.05) is 47.9 Å². The molecule has 0 bridgehead atoms. The van der Waals surface area contributed by atoms with Gasteiger partial charge in [-0.15, -0.1) is 10.2 Å². The van der Waals surface area contributed by atoms with Crippen LogP contribution in [-0.2, 0) is 11.4 Å². The van der Waals surface area contributed by atoms with Crippen LogP contribution in [0.1, 0.15) is 11.4 Å². The van der Waals surface area contributed by atoms with E-state index < -0.39 is 0 Å². The van der Waals surface area contributed by atoms with E-state index in [1.54, 1.807) is 36.4 Å². The highest BCUT2D eigenvalue weighted by atomic mass is 35.5. The average molecular weight is 499 g/mol. The molecule has 0 aliphatic carbocycles. The molecule has 1 amide bonds. The maximum absolute atomic E-state index is 12.6. The molecule has 3 aromatic carbocycles. The van der Waals surface area contributed by atoms with Gasteiger partial charge in [0.05, 0.1) is 5.75 Å². The lowest BCUT2D eigenvalue weighted by molar-refractivity contribution is -0.113. The average Bonchev–Trinajstić information content (AvgIpc) is 3.24. The molecule has 1 N–H and O–H groups in total. The number of nitrogens with one attached hydrogen (secondary N) is 1. The second-order valence-electron chi connectivity index (χ2n) is 7.06. The second kappa shape index (κ2) is 10.7. The van der Waals surface area contributed by atoms with Crippen LogP contribution in [0.3, 0.4) is 0 Å². The lowest BCUT2D eigenvalue weighted by Gasteiger charge is -2.12. The molecular weight excluding hydrogens is 479 g/mol. The van der Waals surface area contributed by atoms with E-state index in [4.69, 9.17) is 27.9 Å². The Bertz CT molecular complexity index is 1250. The van der Waals surface area contributed by atoms with Crippen molar-refractivity contribution in [2.75, 3.05) is 11.1 Å². The first-order valence-corrected chi connectivity index (χ1v) is 11.8. The fourth-order valence-electron chi connectivity index (χ4n) is 3.06. The largest absolute Gasteiger partial charge is 0.486 e. The summed E-state index contributed by atoms with van der Waals surface area (Å²) in [6, 6.07) is 22.2. The van der Waals surface area contributed by atoms with Crippen molar-refractivity contribution in [2.45, 2.75) is 18.7 Å². The second-order valence-corrected chi connectivity index (χ2v) is 8.85. The number of carbonyl (C=O) groups is 1.